The Labute approximate surface area is 274 Å². The van der Waals surface area contributed by atoms with E-state index in [9.17, 15) is 19.2 Å². The molecule has 3 aliphatic carbocycles. The maximum absolute atomic E-state index is 14.0. The van der Waals surface area contributed by atoms with Crippen molar-refractivity contribution in [2.24, 2.45) is 11.7 Å². The molecule has 0 radical (unpaired) electrons. The van der Waals surface area contributed by atoms with E-state index in [-0.39, 0.29) is 47.7 Å². The summed E-state index contributed by atoms with van der Waals surface area (Å²) in [6.45, 7) is 0. The molecule has 9 nitrogen and oxygen atoms in total. The van der Waals surface area contributed by atoms with Gasteiger partial charge in [-0.25, -0.2) is 0 Å². The van der Waals surface area contributed by atoms with Crippen LogP contribution in [0.3, 0.4) is 0 Å². The van der Waals surface area contributed by atoms with Gasteiger partial charge in [0.2, 0.25) is 17.7 Å². The Morgan fingerprint density at radius 1 is 0.870 bits per heavy atom. The van der Waals surface area contributed by atoms with Crippen LogP contribution in [-0.2, 0) is 20.8 Å². The molecule has 4 amide bonds. The summed E-state index contributed by atoms with van der Waals surface area (Å²) in [5.41, 5.74) is 6.09. The Bertz CT molecular complexity index is 1520. The van der Waals surface area contributed by atoms with Gasteiger partial charge in [0.1, 0.15) is 11.6 Å². The van der Waals surface area contributed by atoms with Crippen molar-refractivity contribution in [1.82, 2.24) is 21.3 Å². The zero-order valence-electron chi connectivity index (χ0n) is 26.3. The normalized spacial score (nSPS) is 24.6. The van der Waals surface area contributed by atoms with Gasteiger partial charge in [0.25, 0.3) is 5.91 Å². The average Bonchev–Trinajstić information content (AvgIpc) is 3.83. The SMILES string of the molecule is NC1CCCCC1NC(=O)[C@@H]1CC[C@H](NC(=O)[C@@H](Cc2ccccc2)NC(=O)C2(NC(=O)c3cc4ccccc4s3)CCCC2)C1. The molecule has 0 bridgehead atoms. The molecule has 2 aromatic carbocycles. The lowest BCUT2D eigenvalue weighted by Gasteiger charge is -2.31. The quantitative estimate of drug-likeness (QED) is 0.224. The molecule has 6 rings (SSSR count). The van der Waals surface area contributed by atoms with Crippen molar-refractivity contribution in [3.63, 3.8) is 0 Å². The minimum Gasteiger partial charge on any atom is -0.352 e. The molecule has 0 saturated heterocycles. The predicted octanol–water partition coefficient (Wildman–Crippen LogP) is 4.34. The van der Waals surface area contributed by atoms with Crippen molar-refractivity contribution < 1.29 is 19.2 Å². The van der Waals surface area contributed by atoms with E-state index in [1.807, 2.05) is 60.7 Å². The molecule has 1 heterocycles. The maximum atomic E-state index is 14.0. The summed E-state index contributed by atoms with van der Waals surface area (Å²) >= 11 is 1.41. The number of fused-ring (bicyclic) bond motifs is 1. The van der Waals surface area contributed by atoms with Crippen molar-refractivity contribution in [2.75, 3.05) is 0 Å². The molecule has 0 spiro atoms. The Balaban J connectivity index is 1.12. The third-order valence-electron chi connectivity index (χ3n) is 10.1. The van der Waals surface area contributed by atoms with Crippen LogP contribution in [0.15, 0.2) is 60.7 Å². The lowest BCUT2D eigenvalue weighted by Crippen LogP contribution is -2.61. The lowest BCUT2D eigenvalue weighted by molar-refractivity contribution is -0.132. The highest BCUT2D eigenvalue weighted by molar-refractivity contribution is 7.20. The van der Waals surface area contributed by atoms with Crippen LogP contribution in [0.5, 0.6) is 0 Å². The fraction of sp³-hybridized carbons (Fsp3) is 0.500. The first kappa shape index (κ1) is 32.2. The van der Waals surface area contributed by atoms with Crippen molar-refractivity contribution in [3.8, 4) is 0 Å². The molecule has 10 heteroatoms. The van der Waals surface area contributed by atoms with E-state index >= 15 is 0 Å². The van der Waals surface area contributed by atoms with Crippen LogP contribution < -0.4 is 27.0 Å². The number of carbonyl (C=O) groups excluding carboxylic acids is 4. The molecule has 3 aromatic rings. The van der Waals surface area contributed by atoms with E-state index in [4.69, 9.17) is 5.73 Å². The summed E-state index contributed by atoms with van der Waals surface area (Å²) in [5.74, 6) is -1.03. The summed E-state index contributed by atoms with van der Waals surface area (Å²) in [4.78, 5) is 54.9. The number of carbonyl (C=O) groups is 4. The monoisotopic (exact) mass is 643 g/mol. The number of amides is 4. The number of rotatable bonds is 10. The molecule has 3 saturated carbocycles. The molecule has 3 aliphatic rings. The first-order chi connectivity index (χ1) is 22.3. The maximum Gasteiger partial charge on any atom is 0.262 e. The number of nitrogens with one attached hydrogen (secondary N) is 4. The Kier molecular flexibility index (Phi) is 10.0. The lowest BCUT2D eigenvalue weighted by atomic mass is 9.90. The number of nitrogens with two attached hydrogens (primary N) is 1. The summed E-state index contributed by atoms with van der Waals surface area (Å²) in [6, 6.07) is 18.3. The second kappa shape index (κ2) is 14.3. The van der Waals surface area contributed by atoms with Gasteiger partial charge in [-0.2, -0.15) is 0 Å². The van der Waals surface area contributed by atoms with Crippen LogP contribution in [0, 0.1) is 5.92 Å². The smallest absolute Gasteiger partial charge is 0.262 e. The van der Waals surface area contributed by atoms with Crippen molar-refractivity contribution in [1.29, 1.82) is 0 Å². The highest BCUT2D eigenvalue weighted by atomic mass is 32.1. The Morgan fingerprint density at radius 3 is 2.37 bits per heavy atom. The van der Waals surface area contributed by atoms with E-state index in [0.717, 1.165) is 54.2 Å². The van der Waals surface area contributed by atoms with E-state index in [0.29, 0.717) is 43.4 Å². The zero-order chi connectivity index (χ0) is 32.1. The summed E-state index contributed by atoms with van der Waals surface area (Å²) in [7, 11) is 0. The van der Waals surface area contributed by atoms with Gasteiger partial charge in [-0.15, -0.1) is 11.3 Å². The Morgan fingerprint density at radius 2 is 1.61 bits per heavy atom. The second-order valence-corrected chi connectivity index (χ2v) is 14.5. The van der Waals surface area contributed by atoms with Crippen molar-refractivity contribution >= 4 is 45.1 Å². The van der Waals surface area contributed by atoms with E-state index in [1.54, 1.807) is 0 Å². The Hall–Kier alpha value is -3.76. The minimum atomic E-state index is -1.08. The first-order valence-electron chi connectivity index (χ1n) is 16.8. The van der Waals surface area contributed by atoms with Gasteiger partial charge in [-0.05, 0) is 68.0 Å². The minimum absolute atomic E-state index is 0.00477. The number of thiophene rings is 1. The van der Waals surface area contributed by atoms with Crippen LogP contribution in [-0.4, -0.2) is 53.3 Å². The number of benzene rings is 2. The largest absolute Gasteiger partial charge is 0.352 e. The fourth-order valence-corrected chi connectivity index (χ4v) is 8.37. The van der Waals surface area contributed by atoms with Gasteiger partial charge in [-0.1, -0.05) is 74.2 Å². The third-order valence-corrected chi connectivity index (χ3v) is 11.2. The van der Waals surface area contributed by atoms with Crippen molar-refractivity contribution in [3.05, 3.63) is 71.1 Å². The predicted molar refractivity (Wildman–Crippen MR) is 180 cm³/mol. The second-order valence-electron chi connectivity index (χ2n) is 13.4. The molecule has 46 heavy (non-hydrogen) atoms. The molecule has 3 fully saturated rings. The van der Waals surface area contributed by atoms with Crippen LogP contribution in [0.25, 0.3) is 10.1 Å². The molecule has 1 aromatic heterocycles. The molecule has 0 aliphatic heterocycles. The zero-order valence-corrected chi connectivity index (χ0v) is 27.1. The van der Waals surface area contributed by atoms with Gasteiger partial charge in [0, 0.05) is 35.2 Å². The molecule has 5 atom stereocenters. The van der Waals surface area contributed by atoms with Crippen LogP contribution in [0.2, 0.25) is 0 Å². The van der Waals surface area contributed by atoms with Gasteiger partial charge in [-0.3, -0.25) is 19.2 Å². The van der Waals surface area contributed by atoms with Crippen molar-refractivity contribution in [2.45, 2.75) is 107 Å². The van der Waals surface area contributed by atoms with E-state index < -0.39 is 11.6 Å². The summed E-state index contributed by atoms with van der Waals surface area (Å²) in [6.07, 6.45) is 8.93. The number of hydrogen-bond donors (Lipinski definition) is 5. The summed E-state index contributed by atoms with van der Waals surface area (Å²) < 4.78 is 1.02. The highest BCUT2D eigenvalue weighted by Gasteiger charge is 2.44. The topological polar surface area (TPSA) is 142 Å². The summed E-state index contributed by atoms with van der Waals surface area (Å²) in [5, 5.41) is 13.4. The molecular weight excluding hydrogens is 598 g/mol. The van der Waals surface area contributed by atoms with Gasteiger partial charge >= 0.3 is 0 Å². The molecule has 6 N–H and O–H groups in total. The molecular formula is C36H45N5O4S. The fourth-order valence-electron chi connectivity index (χ4n) is 7.41. The van der Waals surface area contributed by atoms with Crippen LogP contribution in [0.1, 0.15) is 85.9 Å². The first-order valence-corrected chi connectivity index (χ1v) is 17.6. The molecule has 2 unspecified atom stereocenters. The number of hydrogen-bond acceptors (Lipinski definition) is 6. The highest BCUT2D eigenvalue weighted by Crippen LogP contribution is 2.33. The van der Waals surface area contributed by atoms with Crippen LogP contribution in [0.4, 0.5) is 0 Å². The van der Waals surface area contributed by atoms with E-state index in [2.05, 4.69) is 21.3 Å². The van der Waals surface area contributed by atoms with Gasteiger partial charge in [0.05, 0.1) is 4.88 Å². The third kappa shape index (κ3) is 7.44. The standard InChI is InChI=1S/C36H45N5O4S/c37-27-13-5-6-14-28(27)39-32(42)25-16-17-26(21-25)38-33(43)29(20-23-10-2-1-3-11-23)40-35(45)36(18-8-9-19-36)41-34(44)31-22-24-12-4-7-15-30(24)46-31/h1-4,7,10-12,15,22,25-29H,5-6,8-9,13-14,16-21,37H2,(H,38,43)(H,39,42)(H,40,45)(H,41,44)/t25-,26+,27?,28?,29-/m1/s1. The van der Waals surface area contributed by atoms with Crippen LogP contribution >= 0.6 is 11.3 Å². The average molecular weight is 644 g/mol. The van der Waals surface area contributed by atoms with E-state index in [1.165, 1.54) is 11.3 Å². The van der Waals surface area contributed by atoms with Gasteiger partial charge in [0.15, 0.2) is 0 Å². The molecule has 244 valence electrons. The van der Waals surface area contributed by atoms with Gasteiger partial charge < -0.3 is 27.0 Å².